The summed E-state index contributed by atoms with van der Waals surface area (Å²) in [7, 11) is 2.67. The summed E-state index contributed by atoms with van der Waals surface area (Å²) in [6.07, 6.45) is 2.19. The second-order valence-corrected chi connectivity index (χ2v) is 4.75. The van der Waals surface area contributed by atoms with Crippen molar-refractivity contribution >= 4 is 24.5 Å². The summed E-state index contributed by atoms with van der Waals surface area (Å²) in [5.74, 6) is 0. The van der Waals surface area contributed by atoms with E-state index in [1.807, 2.05) is 10.8 Å². The lowest BCUT2D eigenvalue weighted by Crippen LogP contribution is -1.63. The fourth-order valence-electron chi connectivity index (χ4n) is 0.306. The zero-order valence-electron chi connectivity index (χ0n) is 2.47. The fourth-order valence-corrected chi connectivity index (χ4v) is 2.70. The van der Waals surface area contributed by atoms with Crippen LogP contribution >= 0.6 is 20.3 Å². The number of hydrogen-bond donors (Lipinski definition) is 0. The van der Waals surface area contributed by atoms with Gasteiger partial charge in [0.05, 0.1) is 4.20 Å². The largest absolute Gasteiger partial charge is 0.0838 e. The Kier molecular flexibility index (Phi) is 0.270. The van der Waals surface area contributed by atoms with Gasteiger partial charge in [-0.05, 0) is 11.5 Å². The maximum atomic E-state index is 2.25. The van der Waals surface area contributed by atoms with Gasteiger partial charge in [-0.3, -0.25) is 0 Å². The first kappa shape index (κ1) is 2.48. The van der Waals surface area contributed by atoms with Gasteiger partial charge in [0.1, 0.15) is 0 Å². The molecule has 1 unspecified atom stereocenters. The summed E-state index contributed by atoms with van der Waals surface area (Å²) in [6.45, 7) is 0. The highest BCUT2D eigenvalue weighted by molar-refractivity contribution is 9.07. The van der Waals surface area contributed by atoms with Crippen molar-refractivity contribution in [2.75, 3.05) is 0 Å². The van der Waals surface area contributed by atoms with Crippen LogP contribution in [-0.2, 0) is 0 Å². The zero-order chi connectivity index (χ0) is 3.28. The molecule has 0 saturated heterocycles. The van der Waals surface area contributed by atoms with E-state index in [0.717, 1.165) is 0 Å². The predicted molar refractivity (Wildman–Crippen MR) is 29.3 cm³/mol. The van der Waals surface area contributed by atoms with Gasteiger partial charge in [-0.15, -0.1) is 0 Å². The summed E-state index contributed by atoms with van der Waals surface area (Å²) in [5.41, 5.74) is 0. The van der Waals surface area contributed by atoms with E-state index in [2.05, 4.69) is 11.5 Å². The van der Waals surface area contributed by atoms with Crippen molar-refractivity contribution in [1.29, 1.82) is 0 Å². The Bertz CT molecular complexity index is 118. The van der Waals surface area contributed by atoms with E-state index in [1.54, 1.807) is 4.20 Å². The molecule has 0 spiro atoms. The van der Waals surface area contributed by atoms with Crippen LogP contribution in [0.5, 0.6) is 0 Å². The molecule has 0 radical (unpaired) electrons. The van der Waals surface area contributed by atoms with Gasteiger partial charge in [-0.1, -0.05) is 20.3 Å². The molecule has 1 atom stereocenters. The molecule has 2 aliphatic rings. The van der Waals surface area contributed by atoms with Crippen molar-refractivity contribution in [3.8, 4) is 0 Å². The maximum absolute atomic E-state index is 2.25. The minimum absolute atomic E-state index is 0.677. The minimum atomic E-state index is 0.677. The lowest BCUT2D eigenvalue weighted by atomic mass is 10.7. The third-order valence-corrected chi connectivity index (χ3v) is 4.00. The first-order valence-electron chi connectivity index (χ1n) is 1.43. The van der Waals surface area contributed by atoms with Crippen LogP contribution in [0.2, 0.25) is 0 Å². The number of hydrogen-bond acceptors (Lipinski definition) is 1. The van der Waals surface area contributed by atoms with Gasteiger partial charge in [0, 0.05) is 0 Å². The minimum Gasteiger partial charge on any atom is -0.0838 e. The Morgan fingerprint density at radius 2 is 2.60 bits per heavy atom. The van der Waals surface area contributed by atoms with Crippen molar-refractivity contribution in [1.82, 2.24) is 0 Å². The summed E-state index contributed by atoms with van der Waals surface area (Å²) < 4.78 is 1.62. The molecule has 0 aromatic rings. The van der Waals surface area contributed by atoms with Crippen LogP contribution in [0.25, 0.3) is 0 Å². The van der Waals surface area contributed by atoms with E-state index in [1.165, 1.54) is 0 Å². The smallest absolute Gasteiger partial charge is 0.0561 e. The molecule has 2 aliphatic heterocycles. The second kappa shape index (κ2) is 0.545. The van der Waals surface area contributed by atoms with Gasteiger partial charge in [0.15, 0.2) is 0 Å². The van der Waals surface area contributed by atoms with Gasteiger partial charge in [-0.25, -0.2) is 0 Å². The Balaban J connectivity index is 2.61. The Morgan fingerprint density at radius 1 is 1.80 bits per heavy atom. The van der Waals surface area contributed by atoms with E-state index in [9.17, 15) is 0 Å². The Morgan fingerprint density at radius 3 is 2.60 bits per heavy atom. The van der Waals surface area contributed by atoms with Crippen LogP contribution < -0.4 is 0 Å². The highest BCUT2D eigenvalue weighted by Crippen LogP contribution is 2.58. The fraction of sp³-hybridized carbons (Fsp3) is 0. The van der Waals surface area contributed by atoms with Crippen molar-refractivity contribution in [3.05, 3.63) is 11.5 Å². The van der Waals surface area contributed by atoms with Crippen LogP contribution in [0.3, 0.4) is 0 Å². The van der Waals surface area contributed by atoms with E-state index in [4.69, 9.17) is 0 Å². The van der Waals surface area contributed by atoms with Gasteiger partial charge in [0.2, 0.25) is 0 Å². The highest BCUT2D eigenvalue weighted by atomic mass is 33.2. The predicted octanol–water partition coefficient (Wildman–Crippen LogP) is 1.57. The molecular weight excluding hydrogens is 100 g/mol. The summed E-state index contributed by atoms with van der Waals surface area (Å²) in [6, 6.07) is 0. The molecule has 5 heavy (non-hydrogen) atoms. The molecular formula is C3H2S2. The zero-order valence-corrected chi connectivity index (χ0v) is 4.10. The molecule has 0 aromatic carbocycles. The molecule has 0 aromatic heterocycles. The van der Waals surface area contributed by atoms with E-state index in [0.29, 0.717) is 9.52 Å². The van der Waals surface area contributed by atoms with E-state index < -0.39 is 0 Å². The lowest BCUT2D eigenvalue weighted by molar-refractivity contribution is 2.44. The third kappa shape index (κ3) is 0.180. The molecule has 0 fully saturated rings. The van der Waals surface area contributed by atoms with Crippen LogP contribution in [0.15, 0.2) is 11.5 Å². The van der Waals surface area contributed by atoms with E-state index in [-0.39, 0.29) is 0 Å². The third-order valence-electron chi connectivity index (χ3n) is 0.672. The van der Waals surface area contributed by atoms with Gasteiger partial charge in [0.25, 0.3) is 0 Å². The average Bonchev–Trinajstić information content (AvgIpc) is 1.74. The summed E-state index contributed by atoms with van der Waals surface area (Å²) in [5, 5.41) is 2.25. The quantitative estimate of drug-likeness (QED) is 0.330. The molecule has 2 heteroatoms. The molecule has 0 saturated carbocycles. The topological polar surface area (TPSA) is 0 Å². The standard InChI is InChI=1S/C3H2S2/c1-2-5-3(1)4-5/h1-2H. The summed E-state index contributed by atoms with van der Waals surface area (Å²) in [4.78, 5) is 0. The molecule has 2 rings (SSSR count). The number of rotatable bonds is 0. The molecule has 0 amide bonds. The van der Waals surface area contributed by atoms with Crippen LogP contribution in [0, 0.1) is 0 Å². The average molecular weight is 102 g/mol. The van der Waals surface area contributed by atoms with E-state index >= 15 is 0 Å². The molecule has 26 valence electrons. The molecule has 0 aliphatic carbocycles. The van der Waals surface area contributed by atoms with Crippen molar-refractivity contribution in [3.63, 3.8) is 0 Å². The van der Waals surface area contributed by atoms with Crippen molar-refractivity contribution < 1.29 is 0 Å². The summed E-state index contributed by atoms with van der Waals surface area (Å²) >= 11 is 0. The van der Waals surface area contributed by atoms with Gasteiger partial charge < -0.3 is 0 Å². The van der Waals surface area contributed by atoms with Crippen molar-refractivity contribution in [2.24, 2.45) is 0 Å². The molecule has 0 bridgehead atoms. The first-order valence-corrected chi connectivity index (χ1v) is 4.05. The van der Waals surface area contributed by atoms with Crippen LogP contribution in [0.4, 0.5) is 0 Å². The molecule has 2 heterocycles. The highest BCUT2D eigenvalue weighted by Gasteiger charge is 2.22. The van der Waals surface area contributed by atoms with Crippen LogP contribution in [0.1, 0.15) is 0 Å². The van der Waals surface area contributed by atoms with Gasteiger partial charge >= 0.3 is 0 Å². The lowest BCUT2D eigenvalue weighted by Gasteiger charge is -1.73. The van der Waals surface area contributed by atoms with Crippen molar-refractivity contribution in [2.45, 2.75) is 0 Å². The Labute approximate surface area is 36.6 Å². The normalized spacial score (nSPS) is 40.0. The SMILES string of the molecule is C1=CS2=C1S2. The Hall–Kier alpha value is 0.310. The first-order chi connectivity index (χ1) is 2.47. The monoisotopic (exact) mass is 102 g/mol. The molecule has 0 N–H and O–H groups in total. The second-order valence-electron chi connectivity index (χ2n) is 1.00. The molecule has 0 nitrogen and oxygen atoms in total. The van der Waals surface area contributed by atoms with Crippen LogP contribution in [-0.4, -0.2) is 4.20 Å². The van der Waals surface area contributed by atoms with Gasteiger partial charge in [-0.2, -0.15) is 0 Å². The maximum Gasteiger partial charge on any atom is 0.0561 e.